The van der Waals surface area contributed by atoms with Crippen molar-refractivity contribution in [3.63, 3.8) is 0 Å². The van der Waals surface area contributed by atoms with Gasteiger partial charge in [0.05, 0.1) is 37.0 Å². The van der Waals surface area contributed by atoms with Gasteiger partial charge in [-0.05, 0) is 38.0 Å². The molecule has 0 saturated carbocycles. The van der Waals surface area contributed by atoms with Crippen LogP contribution in [0.15, 0.2) is 36.8 Å². The normalized spacial score (nSPS) is 17.8. The number of halogens is 3. The summed E-state index contributed by atoms with van der Waals surface area (Å²) in [5, 5.41) is 4.80. The van der Waals surface area contributed by atoms with Crippen LogP contribution in [0.1, 0.15) is 37.5 Å². The lowest BCUT2D eigenvalue weighted by Crippen LogP contribution is -2.47. The van der Waals surface area contributed by atoms with Crippen LogP contribution < -0.4 is 10.5 Å². The Morgan fingerprint density at radius 3 is 2.67 bits per heavy atom. The summed E-state index contributed by atoms with van der Waals surface area (Å²) < 4.78 is 27.4. The predicted octanol–water partition coefficient (Wildman–Crippen LogP) is 4.61. The first kappa shape index (κ1) is 27.6. The molecule has 0 aliphatic carbocycles. The Bertz CT molecular complexity index is 1320. The minimum absolute atomic E-state index is 0.0900. The van der Waals surface area contributed by atoms with Gasteiger partial charge >= 0.3 is 0 Å². The molecule has 3 aromatic rings. The highest BCUT2D eigenvalue weighted by Crippen LogP contribution is 2.37. The number of rotatable bonds is 7. The molecule has 5 rings (SSSR count). The maximum Gasteiger partial charge on any atom is 0.236 e. The Kier molecular flexibility index (Phi) is 8.56. The zero-order valence-corrected chi connectivity index (χ0v) is 23.2. The van der Waals surface area contributed by atoms with Crippen molar-refractivity contribution >= 4 is 34.9 Å². The monoisotopic (exact) mass is 576 g/mol. The van der Waals surface area contributed by atoms with Crippen molar-refractivity contribution in [2.24, 2.45) is 0 Å². The van der Waals surface area contributed by atoms with Gasteiger partial charge in [-0.15, -0.1) is 0 Å². The molecule has 2 aromatic heterocycles. The van der Waals surface area contributed by atoms with E-state index in [1.165, 1.54) is 12.1 Å². The van der Waals surface area contributed by atoms with Crippen molar-refractivity contribution in [2.45, 2.75) is 31.9 Å². The van der Waals surface area contributed by atoms with Crippen LogP contribution in [0.3, 0.4) is 0 Å². The number of nitrogens with two attached hydrogens (primary N) is 1. The van der Waals surface area contributed by atoms with Crippen molar-refractivity contribution in [3.05, 3.63) is 58.2 Å². The third-order valence-corrected chi connectivity index (χ3v) is 7.97. The number of carbonyl (C=O) groups is 1. The van der Waals surface area contributed by atoms with Crippen LogP contribution in [0.4, 0.5) is 10.2 Å². The van der Waals surface area contributed by atoms with E-state index < -0.39 is 11.9 Å². The summed E-state index contributed by atoms with van der Waals surface area (Å²) in [6.07, 6.45) is 6.39. The van der Waals surface area contributed by atoms with E-state index >= 15 is 0 Å². The highest BCUT2D eigenvalue weighted by Gasteiger charge is 2.26. The number of benzene rings is 1. The average molecular weight is 577 g/mol. The number of aromatic nitrogens is 3. The number of carbonyl (C=O) groups excluding carboxylic acids is 1. The molecule has 1 aromatic carbocycles. The van der Waals surface area contributed by atoms with Crippen LogP contribution in [0, 0.1) is 5.82 Å². The van der Waals surface area contributed by atoms with Gasteiger partial charge in [0.25, 0.3) is 0 Å². The largest absolute Gasteiger partial charge is 0.482 e. The number of piperidine rings is 1. The summed E-state index contributed by atoms with van der Waals surface area (Å²) in [6, 6.07) is 4.62. The maximum absolute atomic E-state index is 14.0. The number of anilines is 1. The summed E-state index contributed by atoms with van der Waals surface area (Å²) in [7, 11) is 0. The molecular weight excluding hydrogens is 546 g/mol. The topological polar surface area (TPSA) is 98.7 Å². The Morgan fingerprint density at radius 1 is 1.18 bits per heavy atom. The molecule has 0 spiro atoms. The Morgan fingerprint density at radius 2 is 1.92 bits per heavy atom. The van der Waals surface area contributed by atoms with Crippen LogP contribution in [-0.4, -0.2) is 76.4 Å². The minimum Gasteiger partial charge on any atom is -0.482 e. The summed E-state index contributed by atoms with van der Waals surface area (Å²) in [4.78, 5) is 21.1. The number of nitrogen functional groups attached to an aromatic ring is 1. The number of hydrogen-bond acceptors (Lipinski definition) is 7. The van der Waals surface area contributed by atoms with Gasteiger partial charge in [-0.1, -0.05) is 23.2 Å². The highest BCUT2D eigenvalue weighted by atomic mass is 35.5. The average Bonchev–Trinajstić information content (AvgIpc) is 3.43. The third-order valence-electron chi connectivity index (χ3n) is 7.26. The molecule has 0 bridgehead atoms. The molecule has 1 atom stereocenters. The summed E-state index contributed by atoms with van der Waals surface area (Å²) in [5.41, 5.74) is 8.04. The van der Waals surface area contributed by atoms with E-state index in [1.807, 2.05) is 15.8 Å². The lowest BCUT2D eigenvalue weighted by Gasteiger charge is -2.34. The maximum atomic E-state index is 14.0. The molecule has 2 N–H and O–H groups in total. The summed E-state index contributed by atoms with van der Waals surface area (Å²) >= 11 is 12.4. The number of hydrogen-bond donors (Lipinski definition) is 1. The van der Waals surface area contributed by atoms with Crippen LogP contribution in [0.25, 0.3) is 11.1 Å². The van der Waals surface area contributed by atoms with Crippen molar-refractivity contribution in [3.8, 4) is 16.9 Å². The Balaban J connectivity index is 1.23. The van der Waals surface area contributed by atoms with Gasteiger partial charge in [-0.3, -0.25) is 14.4 Å². The zero-order chi connectivity index (χ0) is 27.5. The lowest BCUT2D eigenvalue weighted by atomic mass is 10.0. The van der Waals surface area contributed by atoms with E-state index in [4.69, 9.17) is 38.4 Å². The number of morpholine rings is 1. The van der Waals surface area contributed by atoms with Gasteiger partial charge in [0.1, 0.15) is 11.9 Å². The molecule has 1 unspecified atom stereocenters. The highest BCUT2D eigenvalue weighted by molar-refractivity contribution is 6.36. The molecule has 2 saturated heterocycles. The smallest absolute Gasteiger partial charge is 0.236 e. The second-order valence-corrected chi connectivity index (χ2v) is 10.6. The van der Waals surface area contributed by atoms with E-state index in [0.29, 0.717) is 49.2 Å². The van der Waals surface area contributed by atoms with E-state index in [2.05, 4.69) is 15.0 Å². The van der Waals surface area contributed by atoms with Crippen LogP contribution >= 0.6 is 23.2 Å². The molecule has 9 nitrogen and oxygen atoms in total. The first-order valence-corrected chi connectivity index (χ1v) is 13.7. The van der Waals surface area contributed by atoms with Gasteiger partial charge in [-0.2, -0.15) is 5.10 Å². The van der Waals surface area contributed by atoms with Crippen molar-refractivity contribution in [1.29, 1.82) is 0 Å². The van der Waals surface area contributed by atoms with Crippen molar-refractivity contribution in [2.75, 3.05) is 51.7 Å². The molecule has 0 radical (unpaired) electrons. The van der Waals surface area contributed by atoms with E-state index in [-0.39, 0.29) is 22.8 Å². The first-order chi connectivity index (χ1) is 18.8. The standard InChI is InChI=1S/C27H31Cl2FN6O3/c1-17(25-21(28)2-3-22(30)26(25)29)39-23-12-18(13-32-27(23)31)19-14-33-36(15-19)20-4-6-35(7-5-20)24(37)16-34-8-10-38-11-9-34/h2-3,12-15,17,20H,4-11,16H2,1H3,(H2,31,32). The van der Waals surface area contributed by atoms with Crippen LogP contribution in [-0.2, 0) is 9.53 Å². The minimum atomic E-state index is -0.668. The second-order valence-electron chi connectivity index (χ2n) is 9.83. The van der Waals surface area contributed by atoms with Gasteiger partial charge in [0.2, 0.25) is 5.91 Å². The van der Waals surface area contributed by atoms with E-state index in [0.717, 1.165) is 37.1 Å². The SMILES string of the molecule is CC(Oc1cc(-c2cnn(C3CCN(C(=O)CN4CCOCC4)CC3)c2)cnc1N)c1c(Cl)ccc(F)c1Cl. The summed E-state index contributed by atoms with van der Waals surface area (Å²) in [6.45, 7) is 6.54. The van der Waals surface area contributed by atoms with Gasteiger partial charge in [0, 0.05) is 60.3 Å². The number of likely N-dealkylation sites (tertiary alicyclic amines) is 1. The molecule has 208 valence electrons. The number of pyridine rings is 1. The lowest BCUT2D eigenvalue weighted by molar-refractivity contribution is -0.134. The zero-order valence-electron chi connectivity index (χ0n) is 21.7. The number of ether oxygens (including phenoxy) is 2. The fourth-order valence-corrected chi connectivity index (χ4v) is 5.67. The van der Waals surface area contributed by atoms with E-state index in [9.17, 15) is 9.18 Å². The van der Waals surface area contributed by atoms with Gasteiger partial charge < -0.3 is 20.1 Å². The second kappa shape index (κ2) is 12.1. The van der Waals surface area contributed by atoms with Gasteiger partial charge in [0.15, 0.2) is 11.6 Å². The van der Waals surface area contributed by atoms with Crippen LogP contribution in [0.5, 0.6) is 5.75 Å². The molecule has 39 heavy (non-hydrogen) atoms. The first-order valence-electron chi connectivity index (χ1n) is 13.0. The van der Waals surface area contributed by atoms with Gasteiger partial charge in [-0.25, -0.2) is 9.37 Å². The van der Waals surface area contributed by atoms with E-state index in [1.54, 1.807) is 25.4 Å². The number of nitrogens with zero attached hydrogens (tertiary/aromatic N) is 5. The fraction of sp³-hybridized carbons (Fsp3) is 0.444. The van der Waals surface area contributed by atoms with Crippen molar-refractivity contribution < 1.29 is 18.7 Å². The number of amides is 1. The predicted molar refractivity (Wildman–Crippen MR) is 147 cm³/mol. The third kappa shape index (κ3) is 6.30. The molecular formula is C27H31Cl2FN6O3. The molecule has 2 aliphatic rings. The Labute approximate surface area is 236 Å². The quantitative estimate of drug-likeness (QED) is 0.410. The molecule has 1 amide bonds. The molecule has 12 heteroatoms. The summed E-state index contributed by atoms with van der Waals surface area (Å²) in [5.74, 6) is 0.116. The van der Waals surface area contributed by atoms with Crippen molar-refractivity contribution in [1.82, 2.24) is 24.6 Å². The molecule has 2 aliphatic heterocycles. The fourth-order valence-electron chi connectivity index (χ4n) is 4.99. The Hall–Kier alpha value is -2.92. The molecule has 4 heterocycles. The molecule has 2 fully saturated rings. The van der Waals surface area contributed by atoms with Crippen LogP contribution in [0.2, 0.25) is 10.0 Å².